The Labute approximate surface area is 199 Å². The molecule has 0 radical (unpaired) electrons. The second kappa shape index (κ2) is 10.7. The highest BCUT2D eigenvalue weighted by atomic mass is 19.4. The van der Waals surface area contributed by atoms with Gasteiger partial charge >= 0.3 is 6.18 Å². The van der Waals surface area contributed by atoms with Crippen LogP contribution in [0.1, 0.15) is 22.8 Å². The van der Waals surface area contributed by atoms with Gasteiger partial charge in [-0.1, -0.05) is 12.1 Å². The molecule has 0 aliphatic rings. The maximum Gasteiger partial charge on any atom is 0.416 e. The Kier molecular flexibility index (Phi) is 7.75. The number of carbonyl (C=O) groups is 3. The number of hydrogen-bond donors (Lipinski definition) is 3. The molecule has 0 spiro atoms. The topological polar surface area (TPSA) is 90.5 Å². The molecular formula is C25H23F3N4O3. The number of anilines is 4. The fourth-order valence-corrected chi connectivity index (χ4v) is 3.09. The quantitative estimate of drug-likeness (QED) is 0.441. The van der Waals surface area contributed by atoms with Crippen molar-refractivity contribution < 1.29 is 27.6 Å². The van der Waals surface area contributed by atoms with Crippen LogP contribution in [0.25, 0.3) is 0 Å². The maximum atomic E-state index is 12.9. The maximum absolute atomic E-state index is 12.9. The molecule has 0 aliphatic carbocycles. The van der Waals surface area contributed by atoms with Crippen LogP contribution in [-0.4, -0.2) is 31.3 Å². The van der Waals surface area contributed by atoms with Crippen LogP contribution >= 0.6 is 0 Å². The number of nitrogens with zero attached hydrogens (tertiary/aromatic N) is 1. The Morgan fingerprint density at radius 3 is 2.09 bits per heavy atom. The fourth-order valence-electron chi connectivity index (χ4n) is 3.09. The zero-order chi connectivity index (χ0) is 25.6. The van der Waals surface area contributed by atoms with Crippen molar-refractivity contribution in [2.75, 3.05) is 34.4 Å². The zero-order valence-corrected chi connectivity index (χ0v) is 18.9. The van der Waals surface area contributed by atoms with Gasteiger partial charge in [0.15, 0.2) is 0 Å². The van der Waals surface area contributed by atoms with E-state index >= 15 is 0 Å². The highest BCUT2D eigenvalue weighted by molar-refractivity contribution is 6.05. The summed E-state index contributed by atoms with van der Waals surface area (Å²) in [4.78, 5) is 37.7. The highest BCUT2D eigenvalue weighted by Gasteiger charge is 2.30. The molecule has 3 amide bonds. The molecule has 7 nitrogen and oxygen atoms in total. The number of hydrogen-bond acceptors (Lipinski definition) is 4. The van der Waals surface area contributed by atoms with Crippen molar-refractivity contribution >= 4 is 40.5 Å². The van der Waals surface area contributed by atoms with E-state index in [4.69, 9.17) is 0 Å². The second-order valence-electron chi connectivity index (χ2n) is 7.64. The van der Waals surface area contributed by atoms with Crippen molar-refractivity contribution in [3.8, 4) is 0 Å². The van der Waals surface area contributed by atoms with E-state index in [1.54, 1.807) is 43.4 Å². The van der Waals surface area contributed by atoms with Gasteiger partial charge in [-0.25, -0.2) is 0 Å². The molecule has 3 aromatic carbocycles. The number of nitrogens with one attached hydrogen (secondary N) is 3. The minimum absolute atomic E-state index is 0.00368. The van der Waals surface area contributed by atoms with E-state index in [-0.39, 0.29) is 29.6 Å². The van der Waals surface area contributed by atoms with Crippen LogP contribution in [-0.2, 0) is 15.8 Å². The van der Waals surface area contributed by atoms with E-state index in [0.717, 1.165) is 12.1 Å². The summed E-state index contributed by atoms with van der Waals surface area (Å²) >= 11 is 0. The van der Waals surface area contributed by atoms with Crippen LogP contribution in [0.15, 0.2) is 72.8 Å². The van der Waals surface area contributed by atoms with Gasteiger partial charge in [-0.15, -0.1) is 0 Å². The van der Waals surface area contributed by atoms with Crippen LogP contribution in [0.4, 0.5) is 35.9 Å². The lowest BCUT2D eigenvalue weighted by Crippen LogP contribution is -2.23. The first-order valence-corrected chi connectivity index (χ1v) is 10.5. The molecule has 0 atom stereocenters. The van der Waals surface area contributed by atoms with Crippen LogP contribution in [0.5, 0.6) is 0 Å². The summed E-state index contributed by atoms with van der Waals surface area (Å²) in [5, 5.41) is 8.05. The third-order valence-corrected chi connectivity index (χ3v) is 5.04. The molecular weight excluding hydrogens is 461 g/mol. The van der Waals surface area contributed by atoms with E-state index < -0.39 is 17.6 Å². The molecule has 0 saturated heterocycles. The highest BCUT2D eigenvalue weighted by Crippen LogP contribution is 2.30. The Morgan fingerprint density at radius 2 is 1.46 bits per heavy atom. The number of amides is 3. The minimum Gasteiger partial charge on any atom is -0.376 e. The monoisotopic (exact) mass is 484 g/mol. The van der Waals surface area contributed by atoms with Crippen molar-refractivity contribution in [1.29, 1.82) is 0 Å². The first-order chi connectivity index (χ1) is 16.5. The molecule has 0 unspecified atom stereocenters. The Balaban J connectivity index is 1.57. The van der Waals surface area contributed by atoms with Gasteiger partial charge in [0.25, 0.3) is 5.91 Å². The molecule has 3 N–H and O–H groups in total. The third-order valence-electron chi connectivity index (χ3n) is 5.04. The molecule has 0 aliphatic heterocycles. The number of halogens is 3. The molecule has 0 heterocycles. The first kappa shape index (κ1) is 25.3. The summed E-state index contributed by atoms with van der Waals surface area (Å²) < 4.78 is 38.6. The lowest BCUT2D eigenvalue weighted by atomic mass is 10.1. The molecule has 3 aromatic rings. The molecule has 0 bridgehead atoms. The SMILES string of the molecule is CC(=O)N(C)c1ccc(NCC(=O)Nc2cccc(C(=O)Nc3cccc(C(F)(F)F)c3)c2)cc1. The van der Waals surface area contributed by atoms with Crippen molar-refractivity contribution in [2.24, 2.45) is 0 Å². The lowest BCUT2D eigenvalue weighted by molar-refractivity contribution is -0.137. The standard InChI is InChI=1S/C25H23F3N4O3/c1-16(33)32(2)22-11-9-19(10-12-22)29-15-23(34)30-20-7-3-5-17(13-20)24(35)31-21-8-4-6-18(14-21)25(26,27)28/h3-14,29H,15H2,1-2H3,(H,30,34)(H,31,35). The smallest absolute Gasteiger partial charge is 0.376 e. The van der Waals surface area contributed by atoms with Gasteiger partial charge in [-0.05, 0) is 60.7 Å². The van der Waals surface area contributed by atoms with E-state index in [9.17, 15) is 27.6 Å². The van der Waals surface area contributed by atoms with Gasteiger partial charge < -0.3 is 20.9 Å². The minimum atomic E-state index is -4.52. The average molecular weight is 484 g/mol. The van der Waals surface area contributed by atoms with E-state index in [1.807, 2.05) is 0 Å². The van der Waals surface area contributed by atoms with Crippen LogP contribution in [0.2, 0.25) is 0 Å². The molecule has 10 heteroatoms. The summed E-state index contributed by atoms with van der Waals surface area (Å²) in [6, 6.07) is 17.3. The number of benzene rings is 3. The van der Waals surface area contributed by atoms with E-state index in [2.05, 4.69) is 16.0 Å². The summed E-state index contributed by atoms with van der Waals surface area (Å²) in [7, 11) is 1.66. The molecule has 3 rings (SSSR count). The summed E-state index contributed by atoms with van der Waals surface area (Å²) in [5.74, 6) is -1.09. The van der Waals surface area contributed by atoms with Gasteiger partial charge in [0.2, 0.25) is 11.8 Å². The lowest BCUT2D eigenvalue weighted by Gasteiger charge is -2.15. The number of carbonyl (C=O) groups excluding carboxylic acids is 3. The fraction of sp³-hybridized carbons (Fsp3) is 0.160. The number of alkyl halides is 3. The van der Waals surface area contributed by atoms with Crippen molar-refractivity contribution in [3.05, 3.63) is 83.9 Å². The van der Waals surface area contributed by atoms with Gasteiger partial charge in [-0.3, -0.25) is 14.4 Å². The van der Waals surface area contributed by atoms with Crippen molar-refractivity contribution in [2.45, 2.75) is 13.1 Å². The van der Waals surface area contributed by atoms with E-state index in [0.29, 0.717) is 17.1 Å². The van der Waals surface area contributed by atoms with Crippen LogP contribution in [0.3, 0.4) is 0 Å². The molecule has 0 saturated carbocycles. The Hall–Kier alpha value is -4.34. The van der Waals surface area contributed by atoms with Gasteiger partial charge in [0.1, 0.15) is 0 Å². The van der Waals surface area contributed by atoms with Crippen LogP contribution in [0, 0.1) is 0 Å². The molecule has 0 fully saturated rings. The van der Waals surface area contributed by atoms with E-state index in [1.165, 1.54) is 36.1 Å². The average Bonchev–Trinajstić information content (AvgIpc) is 2.82. The third kappa shape index (κ3) is 7.07. The molecule has 35 heavy (non-hydrogen) atoms. The predicted octanol–water partition coefficient (Wildman–Crippen LogP) is 4.99. The van der Waals surface area contributed by atoms with Crippen molar-refractivity contribution in [1.82, 2.24) is 0 Å². The Bertz CT molecular complexity index is 1230. The molecule has 182 valence electrons. The van der Waals surface area contributed by atoms with Crippen LogP contribution < -0.4 is 20.9 Å². The normalized spacial score (nSPS) is 10.9. The van der Waals surface area contributed by atoms with Crippen molar-refractivity contribution in [3.63, 3.8) is 0 Å². The Morgan fingerprint density at radius 1 is 0.829 bits per heavy atom. The van der Waals surface area contributed by atoms with Gasteiger partial charge in [0.05, 0.1) is 12.1 Å². The summed E-state index contributed by atoms with van der Waals surface area (Å²) in [5.41, 5.74) is 1.04. The number of rotatable bonds is 7. The zero-order valence-electron chi connectivity index (χ0n) is 18.9. The van der Waals surface area contributed by atoms with Gasteiger partial charge in [-0.2, -0.15) is 13.2 Å². The van der Waals surface area contributed by atoms with Gasteiger partial charge in [0, 0.05) is 42.3 Å². The summed E-state index contributed by atoms with van der Waals surface area (Å²) in [6.45, 7) is 1.41. The molecule has 0 aromatic heterocycles. The predicted molar refractivity (Wildman–Crippen MR) is 128 cm³/mol. The second-order valence-corrected chi connectivity index (χ2v) is 7.64. The first-order valence-electron chi connectivity index (χ1n) is 10.5. The summed E-state index contributed by atoms with van der Waals surface area (Å²) in [6.07, 6.45) is -4.52. The largest absolute Gasteiger partial charge is 0.416 e.